The molecule has 3 nitrogen and oxygen atoms in total. The van der Waals surface area contributed by atoms with Gasteiger partial charge in [-0.1, -0.05) is 24.3 Å². The van der Waals surface area contributed by atoms with Crippen molar-refractivity contribution in [1.82, 2.24) is 4.90 Å². The molecule has 1 aliphatic heterocycles. The first kappa shape index (κ1) is 13.8. The van der Waals surface area contributed by atoms with E-state index in [0.29, 0.717) is 12.8 Å². The zero-order chi connectivity index (χ0) is 14.0. The Bertz CT molecular complexity index is 505. The summed E-state index contributed by atoms with van der Waals surface area (Å²) in [4.78, 5) is 25.8. The van der Waals surface area contributed by atoms with Crippen molar-refractivity contribution >= 4 is 11.7 Å². The number of hydrogen-bond acceptors (Lipinski definition) is 2. The van der Waals surface area contributed by atoms with Crippen LogP contribution in [-0.2, 0) is 16.0 Å². The van der Waals surface area contributed by atoms with Crippen molar-refractivity contribution in [3.8, 4) is 0 Å². The van der Waals surface area contributed by atoms with Crippen LogP contribution in [0.1, 0.15) is 37.8 Å². The number of nitrogens with zero attached hydrogens (tertiary/aromatic N) is 1. The molecule has 1 aliphatic rings. The zero-order valence-corrected chi connectivity index (χ0v) is 11.9. The van der Waals surface area contributed by atoms with Gasteiger partial charge in [-0.15, -0.1) is 0 Å². The Hall–Kier alpha value is -1.64. The van der Waals surface area contributed by atoms with Crippen LogP contribution in [-0.4, -0.2) is 28.7 Å². The Labute approximate surface area is 114 Å². The number of aryl methyl sites for hydroxylation is 1. The summed E-state index contributed by atoms with van der Waals surface area (Å²) in [5.74, 6) is 0.213. The second-order valence-electron chi connectivity index (χ2n) is 5.93. The summed E-state index contributed by atoms with van der Waals surface area (Å²) in [5, 5.41) is 0. The standard InChI is InChI=1S/C16H21NO2/c1-12-6-4-5-7-13(12)10-15(19)17-11-14(18)8-9-16(17,2)3/h4-7H,8-11H2,1-3H3. The third-order valence-electron chi connectivity index (χ3n) is 3.98. The number of likely N-dealkylation sites (tertiary alicyclic amines) is 1. The van der Waals surface area contributed by atoms with Crippen LogP contribution in [0.4, 0.5) is 0 Å². The summed E-state index contributed by atoms with van der Waals surface area (Å²) < 4.78 is 0. The Morgan fingerprint density at radius 2 is 2.00 bits per heavy atom. The number of Topliss-reactive ketones (excluding diaryl/α,β-unsaturated/α-hetero) is 1. The van der Waals surface area contributed by atoms with E-state index in [2.05, 4.69) is 0 Å². The van der Waals surface area contributed by atoms with Crippen LogP contribution in [0, 0.1) is 6.92 Å². The van der Waals surface area contributed by atoms with Gasteiger partial charge in [0.1, 0.15) is 0 Å². The van der Waals surface area contributed by atoms with Crippen LogP contribution in [0.25, 0.3) is 0 Å². The molecule has 0 spiro atoms. The van der Waals surface area contributed by atoms with E-state index in [4.69, 9.17) is 0 Å². The van der Waals surface area contributed by atoms with Crippen molar-refractivity contribution in [1.29, 1.82) is 0 Å². The molecule has 0 N–H and O–H groups in total. The van der Waals surface area contributed by atoms with E-state index >= 15 is 0 Å². The highest BCUT2D eigenvalue weighted by Crippen LogP contribution is 2.26. The lowest BCUT2D eigenvalue weighted by Gasteiger charge is -2.41. The van der Waals surface area contributed by atoms with Gasteiger partial charge in [0.25, 0.3) is 0 Å². The van der Waals surface area contributed by atoms with Gasteiger partial charge in [-0.25, -0.2) is 0 Å². The molecule has 102 valence electrons. The number of hydrogen-bond donors (Lipinski definition) is 0. The summed E-state index contributed by atoms with van der Waals surface area (Å²) in [6.07, 6.45) is 1.72. The number of amides is 1. The van der Waals surface area contributed by atoms with Crippen LogP contribution in [0.15, 0.2) is 24.3 Å². The average Bonchev–Trinajstić information content (AvgIpc) is 2.35. The summed E-state index contributed by atoms with van der Waals surface area (Å²) in [6.45, 7) is 6.34. The van der Waals surface area contributed by atoms with Crippen LogP contribution < -0.4 is 0 Å². The van der Waals surface area contributed by atoms with Gasteiger partial charge in [0, 0.05) is 12.0 Å². The number of carbonyl (C=O) groups excluding carboxylic acids is 2. The van der Waals surface area contributed by atoms with Crippen LogP contribution >= 0.6 is 0 Å². The normalized spacial score (nSPS) is 18.5. The lowest BCUT2D eigenvalue weighted by Crippen LogP contribution is -2.54. The maximum absolute atomic E-state index is 12.5. The molecule has 3 heteroatoms. The van der Waals surface area contributed by atoms with Crippen molar-refractivity contribution in [2.45, 2.75) is 45.6 Å². The lowest BCUT2D eigenvalue weighted by atomic mass is 9.89. The Morgan fingerprint density at radius 3 is 2.68 bits per heavy atom. The number of benzene rings is 1. The second-order valence-corrected chi connectivity index (χ2v) is 5.93. The fourth-order valence-corrected chi connectivity index (χ4v) is 2.54. The molecule has 1 amide bonds. The second kappa shape index (κ2) is 5.16. The fraction of sp³-hybridized carbons (Fsp3) is 0.500. The number of piperidine rings is 1. The van der Waals surface area contributed by atoms with E-state index in [1.54, 1.807) is 4.90 Å². The van der Waals surface area contributed by atoms with Crippen LogP contribution in [0.2, 0.25) is 0 Å². The minimum absolute atomic E-state index is 0.0485. The molecule has 2 rings (SSSR count). The van der Waals surface area contributed by atoms with E-state index in [1.165, 1.54) is 0 Å². The maximum Gasteiger partial charge on any atom is 0.227 e. The summed E-state index contributed by atoms with van der Waals surface area (Å²) in [5.41, 5.74) is 1.95. The first-order valence-electron chi connectivity index (χ1n) is 6.77. The topological polar surface area (TPSA) is 37.4 Å². The first-order valence-corrected chi connectivity index (χ1v) is 6.77. The third kappa shape index (κ3) is 3.03. The van der Waals surface area contributed by atoms with Gasteiger partial charge in [-0.3, -0.25) is 9.59 Å². The zero-order valence-electron chi connectivity index (χ0n) is 11.9. The molecule has 0 unspecified atom stereocenters. The predicted molar refractivity (Wildman–Crippen MR) is 74.9 cm³/mol. The minimum Gasteiger partial charge on any atom is -0.330 e. The summed E-state index contributed by atoms with van der Waals surface area (Å²) in [7, 11) is 0. The molecule has 0 aromatic heterocycles. The van der Waals surface area contributed by atoms with E-state index in [1.807, 2.05) is 45.0 Å². The highest BCUT2D eigenvalue weighted by molar-refractivity contribution is 5.89. The SMILES string of the molecule is Cc1ccccc1CC(=O)N1CC(=O)CCC1(C)C. The molecule has 1 saturated heterocycles. The number of carbonyl (C=O) groups is 2. The van der Waals surface area contributed by atoms with Crippen molar-refractivity contribution < 1.29 is 9.59 Å². The molecule has 0 aliphatic carbocycles. The predicted octanol–water partition coefficient (Wildman–Crippen LogP) is 2.51. The Balaban J connectivity index is 2.15. The summed E-state index contributed by atoms with van der Waals surface area (Å²) in [6, 6.07) is 7.90. The molecular weight excluding hydrogens is 238 g/mol. The quantitative estimate of drug-likeness (QED) is 0.818. The highest BCUT2D eigenvalue weighted by Gasteiger charge is 2.36. The largest absolute Gasteiger partial charge is 0.330 e. The Morgan fingerprint density at radius 1 is 1.32 bits per heavy atom. The van der Waals surface area contributed by atoms with Gasteiger partial charge >= 0.3 is 0 Å². The molecule has 0 saturated carbocycles. The molecule has 1 aromatic rings. The Kier molecular flexibility index (Phi) is 3.74. The van der Waals surface area contributed by atoms with Crippen molar-refractivity contribution in [3.63, 3.8) is 0 Å². The molecule has 19 heavy (non-hydrogen) atoms. The average molecular weight is 259 g/mol. The van der Waals surface area contributed by atoms with Crippen molar-refractivity contribution in [2.24, 2.45) is 0 Å². The molecule has 0 bridgehead atoms. The summed E-state index contributed by atoms with van der Waals surface area (Å²) >= 11 is 0. The van der Waals surface area contributed by atoms with Crippen LogP contribution in [0.5, 0.6) is 0 Å². The maximum atomic E-state index is 12.5. The van der Waals surface area contributed by atoms with Gasteiger partial charge < -0.3 is 4.90 Å². The van der Waals surface area contributed by atoms with Crippen molar-refractivity contribution in [3.05, 3.63) is 35.4 Å². The van der Waals surface area contributed by atoms with Gasteiger partial charge in [0.15, 0.2) is 5.78 Å². The van der Waals surface area contributed by atoms with E-state index in [0.717, 1.165) is 17.5 Å². The van der Waals surface area contributed by atoms with Crippen LogP contribution in [0.3, 0.4) is 0 Å². The van der Waals surface area contributed by atoms with Crippen molar-refractivity contribution in [2.75, 3.05) is 6.54 Å². The minimum atomic E-state index is -0.215. The number of ketones is 1. The van der Waals surface area contributed by atoms with E-state index < -0.39 is 0 Å². The van der Waals surface area contributed by atoms with E-state index in [9.17, 15) is 9.59 Å². The molecular formula is C16H21NO2. The van der Waals surface area contributed by atoms with Gasteiger partial charge in [-0.05, 0) is 38.3 Å². The lowest BCUT2D eigenvalue weighted by molar-refractivity contribution is -0.144. The third-order valence-corrected chi connectivity index (χ3v) is 3.98. The molecule has 0 atom stereocenters. The smallest absolute Gasteiger partial charge is 0.227 e. The highest BCUT2D eigenvalue weighted by atomic mass is 16.2. The fourth-order valence-electron chi connectivity index (χ4n) is 2.54. The van der Waals surface area contributed by atoms with E-state index in [-0.39, 0.29) is 23.8 Å². The molecule has 1 fully saturated rings. The van der Waals surface area contributed by atoms with Gasteiger partial charge in [-0.2, -0.15) is 0 Å². The first-order chi connectivity index (χ1) is 8.90. The molecule has 1 aromatic carbocycles. The van der Waals surface area contributed by atoms with Gasteiger partial charge in [0.05, 0.1) is 13.0 Å². The number of rotatable bonds is 2. The molecule has 1 heterocycles. The molecule has 0 radical (unpaired) electrons. The monoisotopic (exact) mass is 259 g/mol. The van der Waals surface area contributed by atoms with Gasteiger partial charge in [0.2, 0.25) is 5.91 Å².